The Balaban J connectivity index is 1.85. The van der Waals surface area contributed by atoms with Gasteiger partial charge in [-0.2, -0.15) is 14.8 Å². The van der Waals surface area contributed by atoms with Crippen LogP contribution >= 0.6 is 23.8 Å². The lowest BCUT2D eigenvalue weighted by molar-refractivity contribution is -0.0724. The van der Waals surface area contributed by atoms with Crippen LogP contribution in [0.5, 0.6) is 0 Å². The first-order valence-corrected chi connectivity index (χ1v) is 8.58. The second-order valence-corrected chi connectivity index (χ2v) is 6.63. The Morgan fingerprint density at radius 3 is 2.86 bits per heavy atom. The molecule has 3 rings (SSSR count). The van der Waals surface area contributed by atoms with Crippen LogP contribution in [-0.2, 0) is 9.19 Å². The fourth-order valence-electron chi connectivity index (χ4n) is 2.30. The van der Waals surface area contributed by atoms with E-state index in [-0.39, 0.29) is 0 Å². The van der Waals surface area contributed by atoms with Crippen LogP contribution in [0.1, 0.15) is 6.42 Å². The monoisotopic (exact) mass is 373 g/mol. The summed E-state index contributed by atoms with van der Waals surface area (Å²) in [6, 6.07) is 5.88. The van der Waals surface area contributed by atoms with Crippen LogP contribution in [0.15, 0.2) is 34.9 Å². The highest BCUT2D eigenvalue weighted by molar-refractivity contribution is 9.10. The molecule has 0 atom stereocenters. The van der Waals surface area contributed by atoms with Gasteiger partial charge in [-0.1, -0.05) is 22.0 Å². The van der Waals surface area contributed by atoms with Gasteiger partial charge in [0, 0.05) is 35.1 Å². The Morgan fingerprint density at radius 2 is 2.19 bits per heavy atom. The van der Waals surface area contributed by atoms with Crippen LogP contribution in [0.4, 0.5) is 0 Å². The van der Waals surface area contributed by atoms with E-state index in [2.05, 4.69) is 25.7 Å². The Kier molecular flexibility index (Phi) is 4.00. The first kappa shape index (κ1) is 14.9. The lowest BCUT2D eigenvalue weighted by Gasteiger charge is -2.25. The zero-order valence-corrected chi connectivity index (χ0v) is 13.4. The van der Waals surface area contributed by atoms with Crippen molar-refractivity contribution in [2.45, 2.75) is 6.42 Å². The van der Waals surface area contributed by atoms with E-state index in [0.717, 1.165) is 21.1 Å². The standard InChI is InChI=1S/C12H13BrN3O4P/c13-11-2-1-3-12-10(11)8-14-16(12)9-4-6-15(7-5-9)20-21(17,18)19/h1-4,8H,5-7H2,(H2,17,18,19). The van der Waals surface area contributed by atoms with Gasteiger partial charge in [0.25, 0.3) is 0 Å². The molecule has 0 spiro atoms. The summed E-state index contributed by atoms with van der Waals surface area (Å²) in [5.41, 5.74) is 1.97. The molecule has 2 N–H and O–H groups in total. The summed E-state index contributed by atoms with van der Waals surface area (Å²) >= 11 is 3.49. The lowest BCUT2D eigenvalue weighted by Crippen LogP contribution is -2.28. The van der Waals surface area contributed by atoms with Crippen molar-refractivity contribution in [2.24, 2.45) is 0 Å². The number of halogens is 1. The fraction of sp³-hybridized carbons (Fsp3) is 0.250. The number of hydroxylamine groups is 2. The molecule has 2 aromatic rings. The molecule has 0 fully saturated rings. The number of hydrogen-bond acceptors (Lipinski definition) is 4. The molecule has 7 nitrogen and oxygen atoms in total. The highest BCUT2D eigenvalue weighted by Gasteiger charge is 2.23. The molecule has 0 amide bonds. The van der Waals surface area contributed by atoms with Crippen LogP contribution < -0.4 is 0 Å². The molecule has 0 aliphatic carbocycles. The van der Waals surface area contributed by atoms with E-state index in [9.17, 15) is 4.57 Å². The molecular formula is C12H13BrN3O4P. The SMILES string of the molecule is O=P(O)(O)ON1CC=C(n2ncc3c(Br)cccc32)CC1. The molecule has 2 heterocycles. The summed E-state index contributed by atoms with van der Waals surface area (Å²) in [6.45, 7) is 0.697. The summed E-state index contributed by atoms with van der Waals surface area (Å²) in [5, 5.41) is 6.66. The molecule has 0 saturated carbocycles. The third kappa shape index (κ3) is 3.26. The van der Waals surface area contributed by atoms with Crippen molar-refractivity contribution in [1.82, 2.24) is 14.8 Å². The number of phosphoric acid groups is 1. The van der Waals surface area contributed by atoms with Crippen LogP contribution in [0.2, 0.25) is 0 Å². The van der Waals surface area contributed by atoms with Gasteiger partial charge in [0.1, 0.15) is 0 Å². The second kappa shape index (κ2) is 5.64. The highest BCUT2D eigenvalue weighted by atomic mass is 79.9. The average molecular weight is 374 g/mol. The molecule has 0 saturated heterocycles. The van der Waals surface area contributed by atoms with Gasteiger partial charge >= 0.3 is 7.82 Å². The quantitative estimate of drug-likeness (QED) is 0.803. The molecule has 9 heteroatoms. The highest BCUT2D eigenvalue weighted by Crippen LogP contribution is 2.38. The van der Waals surface area contributed by atoms with Crippen molar-refractivity contribution in [3.63, 3.8) is 0 Å². The molecule has 1 aliphatic rings. The number of hydrogen-bond donors (Lipinski definition) is 2. The predicted octanol–water partition coefficient (Wildman–Crippen LogP) is 2.37. The Bertz CT molecular complexity index is 754. The minimum Gasteiger partial charge on any atom is -0.302 e. The van der Waals surface area contributed by atoms with Gasteiger partial charge in [-0.3, -0.25) is 0 Å². The predicted molar refractivity (Wildman–Crippen MR) is 81.0 cm³/mol. The molecule has 0 radical (unpaired) electrons. The Hall–Kier alpha value is -1.02. The van der Waals surface area contributed by atoms with Gasteiger partial charge in [-0.05, 0) is 18.2 Å². The second-order valence-electron chi connectivity index (χ2n) is 4.63. The van der Waals surface area contributed by atoms with E-state index in [4.69, 9.17) is 9.79 Å². The fourth-order valence-corrected chi connectivity index (χ4v) is 3.21. The number of fused-ring (bicyclic) bond motifs is 1. The minimum atomic E-state index is -4.49. The molecular weight excluding hydrogens is 361 g/mol. The van der Waals surface area contributed by atoms with E-state index < -0.39 is 7.82 Å². The maximum absolute atomic E-state index is 10.8. The maximum Gasteiger partial charge on any atom is 0.486 e. The molecule has 0 bridgehead atoms. The first-order valence-electron chi connectivity index (χ1n) is 6.26. The van der Waals surface area contributed by atoms with Gasteiger partial charge in [-0.25, -0.2) is 9.25 Å². The van der Waals surface area contributed by atoms with E-state index in [1.54, 1.807) is 6.20 Å². The van der Waals surface area contributed by atoms with E-state index in [0.29, 0.717) is 19.5 Å². The van der Waals surface area contributed by atoms with Crippen molar-refractivity contribution in [3.8, 4) is 0 Å². The number of nitrogens with zero attached hydrogens (tertiary/aromatic N) is 3. The van der Waals surface area contributed by atoms with Gasteiger partial charge in [0.05, 0.1) is 11.7 Å². The van der Waals surface area contributed by atoms with Crippen molar-refractivity contribution < 1.29 is 19.0 Å². The van der Waals surface area contributed by atoms with Crippen LogP contribution in [-0.4, -0.2) is 37.7 Å². The maximum atomic E-state index is 10.8. The van der Waals surface area contributed by atoms with Crippen molar-refractivity contribution in [2.75, 3.05) is 13.1 Å². The Labute approximate surface area is 129 Å². The number of rotatable bonds is 3. The Morgan fingerprint density at radius 1 is 1.38 bits per heavy atom. The summed E-state index contributed by atoms with van der Waals surface area (Å²) in [6.07, 6.45) is 4.23. The van der Waals surface area contributed by atoms with Crippen LogP contribution in [0, 0.1) is 0 Å². The van der Waals surface area contributed by atoms with Gasteiger partial charge in [0.2, 0.25) is 0 Å². The van der Waals surface area contributed by atoms with E-state index in [1.165, 1.54) is 5.06 Å². The van der Waals surface area contributed by atoms with Gasteiger partial charge in [0.15, 0.2) is 0 Å². The molecule has 1 aliphatic heterocycles. The molecule has 112 valence electrons. The largest absolute Gasteiger partial charge is 0.486 e. The smallest absolute Gasteiger partial charge is 0.302 e. The van der Waals surface area contributed by atoms with E-state index in [1.807, 2.05) is 29.0 Å². The lowest BCUT2D eigenvalue weighted by atomic mass is 10.2. The molecule has 0 unspecified atom stereocenters. The van der Waals surface area contributed by atoms with Crippen LogP contribution in [0.25, 0.3) is 16.6 Å². The van der Waals surface area contributed by atoms with Crippen molar-refractivity contribution >= 4 is 40.4 Å². The zero-order chi connectivity index (χ0) is 15.0. The third-order valence-electron chi connectivity index (χ3n) is 3.20. The van der Waals surface area contributed by atoms with Crippen molar-refractivity contribution in [3.05, 3.63) is 34.9 Å². The molecule has 1 aromatic carbocycles. The summed E-state index contributed by atoms with van der Waals surface area (Å²) < 4.78 is 18.2. The zero-order valence-electron chi connectivity index (χ0n) is 10.9. The third-order valence-corrected chi connectivity index (χ3v) is 4.34. The molecule has 21 heavy (non-hydrogen) atoms. The van der Waals surface area contributed by atoms with Crippen molar-refractivity contribution in [1.29, 1.82) is 0 Å². The van der Waals surface area contributed by atoms with Crippen LogP contribution in [0.3, 0.4) is 0 Å². The van der Waals surface area contributed by atoms with Gasteiger partial charge in [-0.15, -0.1) is 0 Å². The average Bonchev–Trinajstić information content (AvgIpc) is 2.83. The summed E-state index contributed by atoms with van der Waals surface area (Å²) in [5.74, 6) is 0. The topological polar surface area (TPSA) is 87.8 Å². The normalized spacial score (nSPS) is 17.2. The minimum absolute atomic E-state index is 0.301. The van der Waals surface area contributed by atoms with Gasteiger partial charge < -0.3 is 9.79 Å². The number of benzene rings is 1. The first-order chi connectivity index (χ1) is 9.94. The molecule has 1 aromatic heterocycles. The summed E-state index contributed by atoms with van der Waals surface area (Å²) in [4.78, 5) is 17.6. The number of aromatic nitrogens is 2. The summed E-state index contributed by atoms with van der Waals surface area (Å²) in [7, 11) is -4.49. The van der Waals surface area contributed by atoms with E-state index >= 15 is 0 Å².